The molecule has 3 aromatic carbocycles. The molecular weight excluding hydrogens is 914 g/mol. The Balaban J connectivity index is 1.35. The predicted molar refractivity (Wildman–Crippen MR) is 291 cm³/mol. The molecule has 398 valence electrons. The number of benzene rings is 3. The van der Waals surface area contributed by atoms with Crippen molar-refractivity contribution in [3.63, 3.8) is 0 Å². The number of carbonyl (C=O) groups excluding carboxylic acids is 2. The van der Waals surface area contributed by atoms with Crippen LogP contribution in [0.25, 0.3) is 0 Å². The Kier molecular flexibility index (Phi) is 21.5. The summed E-state index contributed by atoms with van der Waals surface area (Å²) in [7, 11) is 5.55. The summed E-state index contributed by atoms with van der Waals surface area (Å²) in [5.41, 5.74) is -2.16. The van der Waals surface area contributed by atoms with E-state index >= 15 is 0 Å². The van der Waals surface area contributed by atoms with Crippen LogP contribution < -0.4 is 20.8 Å². The molecule has 0 saturated carbocycles. The third kappa shape index (κ3) is 14.2. The van der Waals surface area contributed by atoms with Crippen LogP contribution in [0.15, 0.2) is 84.9 Å². The third-order valence-corrected chi connectivity index (χ3v) is 21.0. The SMILES string of the molecule is CC[C@H]1OC(=O)[C@H](C)C[C@H](C)[C@@H](O[C@@H]2O[C@H](C)C[C@H](N(C)C)[C@H]2O)[C@](C)(O)C[C@@H](C)CN(C(=O)CCCCCCC[PH](c2ccccc2)(c2ccccc2)c2ccc(N(C)C)cc2)[C@H](C)[C@@H](O)C1(O)CC. The van der Waals surface area contributed by atoms with Gasteiger partial charge in [-0.2, -0.15) is 0 Å². The number of rotatable bonds is 17. The van der Waals surface area contributed by atoms with Crippen LogP contribution in [0.1, 0.15) is 126 Å². The number of cyclic esters (lactones) is 1. The summed E-state index contributed by atoms with van der Waals surface area (Å²) < 4.78 is 19.0. The zero-order valence-corrected chi connectivity index (χ0v) is 46.3. The van der Waals surface area contributed by atoms with Crippen molar-refractivity contribution < 1.29 is 44.2 Å². The summed E-state index contributed by atoms with van der Waals surface area (Å²) in [4.78, 5) is 34.3. The number of esters is 1. The van der Waals surface area contributed by atoms with Gasteiger partial charge in [-0.3, -0.25) is 4.79 Å². The Labute approximate surface area is 427 Å². The number of hydrogen-bond donors (Lipinski definition) is 4. The molecule has 1 unspecified atom stereocenters. The fourth-order valence-corrected chi connectivity index (χ4v) is 16.9. The van der Waals surface area contributed by atoms with Crippen LogP contribution in [-0.4, -0.2) is 143 Å². The standard InChI is InChI=1S/C58H92N3O9P/c1-13-50-58(67,14-2)53(64)44(7)61(39-40(3)38-57(8,66)54(41(4)36-42(5)55(65)69-50)70-56-52(63)49(60(11)12)37-43(6)68-56)51(62)30-24-16-15-17-25-35-71(46-26-20-18-21-27-46,47-28-22-19-23-29-47)48-33-31-45(32-34-48)59(9)10/h18-23,26-29,31-34,40-44,49-50,52-54,56,63-64,66-67,71H,13-17,24-25,30,35-39H2,1-12H3/t40-,41+,42-,43-,44-,49+,50-,52-,53-,54-,56+,57-,58?/m1/s1. The molecule has 2 aliphatic heterocycles. The molecule has 4 N–H and O–H groups in total. The molecule has 3 aromatic rings. The van der Waals surface area contributed by atoms with Crippen LogP contribution in [-0.2, 0) is 23.8 Å². The van der Waals surface area contributed by atoms with Crippen molar-refractivity contribution in [3.05, 3.63) is 84.9 Å². The smallest absolute Gasteiger partial charge is 0.383 e. The molecule has 12 nitrogen and oxygen atoms in total. The molecule has 2 heterocycles. The van der Waals surface area contributed by atoms with E-state index in [1.165, 1.54) is 21.6 Å². The molecule has 71 heavy (non-hydrogen) atoms. The number of ether oxygens (including phenoxy) is 3. The molecule has 2 aliphatic rings. The first-order chi connectivity index (χ1) is 33.6. The van der Waals surface area contributed by atoms with Gasteiger partial charge < -0.3 is 34.4 Å². The quantitative estimate of drug-likeness (QED) is 0.0608. The van der Waals surface area contributed by atoms with E-state index in [1.54, 1.807) is 32.6 Å². The second-order valence-electron chi connectivity index (χ2n) is 22.2. The zero-order chi connectivity index (χ0) is 52.3. The van der Waals surface area contributed by atoms with Crippen molar-refractivity contribution in [1.82, 2.24) is 9.80 Å². The van der Waals surface area contributed by atoms with Crippen molar-refractivity contribution in [3.8, 4) is 0 Å². The first kappa shape index (κ1) is 58.4. The minimum Gasteiger partial charge on any atom is -0.383 e. The number of aliphatic hydroxyl groups excluding tert-OH is 2. The van der Waals surface area contributed by atoms with Crippen LogP contribution in [0.5, 0.6) is 0 Å². The Morgan fingerprint density at radius 1 is 0.803 bits per heavy atom. The summed E-state index contributed by atoms with van der Waals surface area (Å²) in [6, 6.07) is 30.1. The number of unbranched alkanes of at least 4 members (excludes halogenated alkanes) is 4. The summed E-state index contributed by atoms with van der Waals surface area (Å²) in [6.45, 7) is 14.8. The van der Waals surface area contributed by atoms with Crippen LogP contribution in [0.2, 0.25) is 0 Å². The van der Waals surface area contributed by atoms with Gasteiger partial charge >= 0.3 is 255 Å². The van der Waals surface area contributed by atoms with E-state index in [2.05, 4.69) is 104 Å². The monoisotopic (exact) mass is 1010 g/mol. The fourth-order valence-electron chi connectivity index (χ4n) is 12.0. The second-order valence-corrected chi connectivity index (χ2v) is 26.2. The molecule has 0 aromatic heterocycles. The van der Waals surface area contributed by atoms with E-state index < -0.39 is 73.0 Å². The van der Waals surface area contributed by atoms with Crippen LogP contribution in [0, 0.1) is 17.8 Å². The number of nitrogens with zero attached hydrogens (tertiary/aromatic N) is 3. The van der Waals surface area contributed by atoms with Gasteiger partial charge in [0.1, 0.15) is 12.2 Å². The number of likely N-dealkylation sites (N-methyl/N-ethyl adjacent to an activating group) is 1. The molecule has 2 fully saturated rings. The first-order valence-corrected chi connectivity index (χ1v) is 29.0. The van der Waals surface area contributed by atoms with Crippen LogP contribution in [0.4, 0.5) is 5.69 Å². The Hall–Kier alpha value is -3.45. The second kappa shape index (κ2) is 26.2. The molecule has 0 radical (unpaired) electrons. The van der Waals surface area contributed by atoms with Crippen molar-refractivity contribution in [2.45, 2.75) is 186 Å². The average Bonchev–Trinajstić information content (AvgIpc) is 3.34. The molecule has 13 heteroatoms. The molecule has 13 atom stereocenters. The molecule has 1 amide bonds. The van der Waals surface area contributed by atoms with Gasteiger partial charge in [0.05, 0.1) is 23.7 Å². The van der Waals surface area contributed by atoms with Crippen molar-refractivity contribution in [1.29, 1.82) is 0 Å². The summed E-state index contributed by atoms with van der Waals surface area (Å²) in [5, 5.41) is 52.7. The summed E-state index contributed by atoms with van der Waals surface area (Å²) in [5.74, 6) is -2.03. The van der Waals surface area contributed by atoms with Gasteiger partial charge in [0.25, 0.3) is 0 Å². The van der Waals surface area contributed by atoms with Gasteiger partial charge in [0.2, 0.25) is 0 Å². The number of anilines is 1. The Bertz CT molecular complexity index is 2040. The average molecular weight is 1010 g/mol. The topological polar surface area (TPSA) is 152 Å². The van der Waals surface area contributed by atoms with Crippen LogP contribution >= 0.6 is 7.26 Å². The van der Waals surface area contributed by atoms with E-state index in [9.17, 15) is 30.0 Å². The van der Waals surface area contributed by atoms with E-state index in [-0.39, 0.29) is 62.6 Å². The molecule has 0 bridgehead atoms. The third-order valence-electron chi connectivity index (χ3n) is 16.0. The van der Waals surface area contributed by atoms with Gasteiger partial charge in [-0.15, -0.1) is 0 Å². The number of hydrogen-bond acceptors (Lipinski definition) is 11. The molecule has 2 saturated heterocycles. The van der Waals surface area contributed by atoms with Gasteiger partial charge in [0, 0.05) is 6.04 Å². The predicted octanol–water partition coefficient (Wildman–Crippen LogP) is 7.42. The summed E-state index contributed by atoms with van der Waals surface area (Å²) in [6.07, 6.45) is 1.68. The number of aliphatic hydroxyl groups is 4. The Morgan fingerprint density at radius 3 is 1.92 bits per heavy atom. The molecule has 0 aliphatic carbocycles. The van der Waals surface area contributed by atoms with Gasteiger partial charge in [-0.05, 0) is 59.5 Å². The van der Waals surface area contributed by atoms with Gasteiger partial charge in [0.15, 0.2) is 6.29 Å². The minimum absolute atomic E-state index is 0.0907. The van der Waals surface area contributed by atoms with Gasteiger partial charge in [-0.1, -0.05) is 27.7 Å². The van der Waals surface area contributed by atoms with Crippen molar-refractivity contribution >= 4 is 40.7 Å². The number of amides is 1. The molecular formula is C58H92N3O9P. The summed E-state index contributed by atoms with van der Waals surface area (Å²) >= 11 is 0. The van der Waals surface area contributed by atoms with E-state index in [0.717, 1.165) is 31.8 Å². The minimum atomic E-state index is -2.41. The maximum atomic E-state index is 14.6. The van der Waals surface area contributed by atoms with Crippen molar-refractivity contribution in [2.75, 3.05) is 45.8 Å². The molecule has 5 rings (SSSR count). The Morgan fingerprint density at radius 2 is 1.37 bits per heavy atom. The van der Waals surface area contributed by atoms with Crippen LogP contribution in [0.3, 0.4) is 0 Å². The fraction of sp³-hybridized carbons (Fsp3) is 0.655. The first-order valence-electron chi connectivity index (χ1n) is 26.8. The van der Waals surface area contributed by atoms with Gasteiger partial charge in [-0.25, -0.2) is 0 Å². The molecule has 0 spiro atoms. The van der Waals surface area contributed by atoms with E-state index in [1.807, 2.05) is 46.7 Å². The zero-order valence-electron chi connectivity index (χ0n) is 45.3. The normalized spacial score (nSPS) is 31.9. The maximum absolute atomic E-state index is 14.6. The number of carbonyl (C=O) groups is 2. The van der Waals surface area contributed by atoms with E-state index in [0.29, 0.717) is 12.8 Å². The van der Waals surface area contributed by atoms with Crippen molar-refractivity contribution in [2.24, 2.45) is 17.8 Å². The van der Waals surface area contributed by atoms with E-state index in [4.69, 9.17) is 14.2 Å².